The van der Waals surface area contributed by atoms with Gasteiger partial charge in [0.25, 0.3) is 0 Å². The number of hydrogen-bond acceptors (Lipinski definition) is 4. The summed E-state index contributed by atoms with van der Waals surface area (Å²) in [6.07, 6.45) is 0. The first kappa shape index (κ1) is 13.0. The van der Waals surface area contributed by atoms with Gasteiger partial charge in [-0.2, -0.15) is 4.98 Å². The number of H-pyrrole nitrogens is 1. The Kier molecular flexibility index (Phi) is 3.16. The van der Waals surface area contributed by atoms with Gasteiger partial charge in [0.15, 0.2) is 5.65 Å². The fourth-order valence-electron chi connectivity index (χ4n) is 1.92. The summed E-state index contributed by atoms with van der Waals surface area (Å²) in [6.45, 7) is 0. The topological polar surface area (TPSA) is 76.8 Å². The predicted octanol–water partition coefficient (Wildman–Crippen LogP) is 3.52. The molecular weight excluding hydrogens is 299 g/mol. The molecule has 2 heterocycles. The number of ether oxygens (including phenoxy) is 1. The third kappa shape index (κ3) is 2.05. The van der Waals surface area contributed by atoms with Gasteiger partial charge in [0.05, 0.1) is 33.9 Å². The number of aromatic amines is 1. The zero-order valence-corrected chi connectivity index (χ0v) is 12.0. The van der Waals surface area contributed by atoms with Crippen LogP contribution >= 0.6 is 23.2 Å². The molecule has 0 amide bonds. The number of nitrogens with one attached hydrogen (secondary N) is 1. The van der Waals surface area contributed by atoms with Gasteiger partial charge in [-0.1, -0.05) is 23.2 Å². The van der Waals surface area contributed by atoms with Gasteiger partial charge in [0.1, 0.15) is 5.82 Å². The molecule has 0 aliphatic heterocycles. The monoisotopic (exact) mass is 308 g/mol. The van der Waals surface area contributed by atoms with E-state index in [0.717, 1.165) is 5.52 Å². The molecule has 0 spiro atoms. The van der Waals surface area contributed by atoms with Crippen LogP contribution in [0, 0.1) is 0 Å². The Hall–Kier alpha value is -1.98. The molecule has 0 aliphatic carbocycles. The molecular formula is C13H10Cl2N4O. The van der Waals surface area contributed by atoms with E-state index < -0.39 is 0 Å². The molecule has 3 N–H and O–H groups in total. The van der Waals surface area contributed by atoms with Crippen LogP contribution in [-0.4, -0.2) is 22.1 Å². The molecule has 0 fully saturated rings. The number of hydrogen-bond donors (Lipinski definition) is 2. The van der Waals surface area contributed by atoms with Gasteiger partial charge < -0.3 is 15.5 Å². The minimum atomic E-state index is 0.380. The van der Waals surface area contributed by atoms with Crippen LogP contribution in [0.5, 0.6) is 5.88 Å². The van der Waals surface area contributed by atoms with E-state index in [1.54, 1.807) is 25.3 Å². The second-order valence-electron chi connectivity index (χ2n) is 4.13. The number of nitrogens with zero attached hydrogens (tertiary/aromatic N) is 2. The summed E-state index contributed by atoms with van der Waals surface area (Å²) in [5.74, 6) is 1.01. The van der Waals surface area contributed by atoms with Crippen LogP contribution in [0.1, 0.15) is 0 Å². The molecule has 1 aromatic carbocycles. The number of nitrogen functional groups attached to an aromatic ring is 1. The van der Waals surface area contributed by atoms with Crippen molar-refractivity contribution in [2.45, 2.75) is 0 Å². The van der Waals surface area contributed by atoms with Gasteiger partial charge in [0.2, 0.25) is 5.88 Å². The predicted molar refractivity (Wildman–Crippen MR) is 80.3 cm³/mol. The number of aromatic nitrogens is 3. The van der Waals surface area contributed by atoms with Crippen LogP contribution in [0.4, 0.5) is 5.69 Å². The van der Waals surface area contributed by atoms with Crippen LogP contribution < -0.4 is 10.5 Å². The Labute approximate surface area is 124 Å². The van der Waals surface area contributed by atoms with Gasteiger partial charge in [-0.25, -0.2) is 4.98 Å². The molecule has 102 valence electrons. The summed E-state index contributed by atoms with van der Waals surface area (Å²) < 4.78 is 5.07. The second kappa shape index (κ2) is 4.85. The van der Waals surface area contributed by atoms with E-state index >= 15 is 0 Å². The van der Waals surface area contributed by atoms with E-state index in [4.69, 9.17) is 33.7 Å². The molecule has 2 aromatic heterocycles. The van der Waals surface area contributed by atoms with Crippen molar-refractivity contribution in [1.29, 1.82) is 0 Å². The summed E-state index contributed by atoms with van der Waals surface area (Å²) in [7, 11) is 1.55. The van der Waals surface area contributed by atoms with Crippen LogP contribution in [0.15, 0.2) is 24.3 Å². The number of nitrogens with two attached hydrogens (primary N) is 1. The molecule has 0 saturated carbocycles. The fourth-order valence-corrected chi connectivity index (χ4v) is 2.33. The fraction of sp³-hybridized carbons (Fsp3) is 0.0769. The highest BCUT2D eigenvalue weighted by Gasteiger charge is 2.15. The molecule has 0 aliphatic rings. The van der Waals surface area contributed by atoms with Gasteiger partial charge >= 0.3 is 0 Å². The number of anilines is 1. The maximum atomic E-state index is 6.18. The van der Waals surface area contributed by atoms with Crippen molar-refractivity contribution in [3.05, 3.63) is 34.3 Å². The summed E-state index contributed by atoms with van der Waals surface area (Å²) in [4.78, 5) is 11.7. The van der Waals surface area contributed by atoms with Gasteiger partial charge in [-0.05, 0) is 18.2 Å². The molecule has 0 saturated heterocycles. The van der Waals surface area contributed by atoms with Crippen LogP contribution in [-0.2, 0) is 0 Å². The molecule has 5 nitrogen and oxygen atoms in total. The normalized spacial score (nSPS) is 10.9. The highest BCUT2D eigenvalue weighted by Crippen LogP contribution is 2.36. The van der Waals surface area contributed by atoms with Gasteiger partial charge in [-0.3, -0.25) is 0 Å². The Morgan fingerprint density at radius 1 is 1.10 bits per heavy atom. The first-order valence-electron chi connectivity index (χ1n) is 5.74. The maximum Gasteiger partial charge on any atom is 0.215 e. The summed E-state index contributed by atoms with van der Waals surface area (Å²) in [6, 6.07) is 6.89. The van der Waals surface area contributed by atoms with E-state index in [0.29, 0.717) is 38.6 Å². The molecule has 0 unspecified atom stereocenters. The number of methoxy groups -OCH3 is 1. The van der Waals surface area contributed by atoms with Crippen molar-refractivity contribution >= 4 is 40.1 Å². The van der Waals surface area contributed by atoms with Crippen LogP contribution in [0.25, 0.3) is 22.6 Å². The molecule has 3 rings (SSSR count). The van der Waals surface area contributed by atoms with Crippen molar-refractivity contribution in [2.75, 3.05) is 12.8 Å². The summed E-state index contributed by atoms with van der Waals surface area (Å²) in [5, 5.41) is 0.897. The average Bonchev–Trinajstić information content (AvgIpc) is 2.85. The standard InChI is InChI=1S/C13H10Cl2N4O/c1-20-9-5-4-8-12(18-9)19-13(17-8)10-6(14)2-3-7(15)11(10)16/h2-5H,16H2,1H3,(H,17,18,19). The molecule has 0 bridgehead atoms. The SMILES string of the molecule is COc1ccc2[nH]c(-c3c(Cl)ccc(Cl)c3N)nc2n1. The zero-order valence-electron chi connectivity index (χ0n) is 10.4. The number of imidazole rings is 1. The lowest BCUT2D eigenvalue weighted by Crippen LogP contribution is -1.93. The first-order chi connectivity index (χ1) is 9.60. The highest BCUT2D eigenvalue weighted by atomic mass is 35.5. The minimum Gasteiger partial charge on any atom is -0.481 e. The maximum absolute atomic E-state index is 6.18. The average molecular weight is 309 g/mol. The Morgan fingerprint density at radius 3 is 2.60 bits per heavy atom. The number of pyridine rings is 1. The molecule has 0 atom stereocenters. The summed E-state index contributed by atoms with van der Waals surface area (Å²) >= 11 is 12.2. The first-order valence-corrected chi connectivity index (χ1v) is 6.50. The number of halogens is 2. The van der Waals surface area contributed by atoms with Crippen LogP contribution in [0.2, 0.25) is 10.0 Å². The van der Waals surface area contributed by atoms with Crippen molar-refractivity contribution in [3.8, 4) is 17.3 Å². The second-order valence-corrected chi connectivity index (χ2v) is 4.94. The van der Waals surface area contributed by atoms with E-state index in [9.17, 15) is 0 Å². The Bertz CT molecular complexity index is 800. The Morgan fingerprint density at radius 2 is 1.85 bits per heavy atom. The van der Waals surface area contributed by atoms with E-state index in [1.165, 1.54) is 0 Å². The van der Waals surface area contributed by atoms with Crippen molar-refractivity contribution < 1.29 is 4.74 Å². The van der Waals surface area contributed by atoms with Crippen molar-refractivity contribution in [2.24, 2.45) is 0 Å². The highest BCUT2D eigenvalue weighted by molar-refractivity contribution is 6.37. The molecule has 20 heavy (non-hydrogen) atoms. The Balaban J connectivity index is 2.22. The lowest BCUT2D eigenvalue weighted by atomic mass is 10.1. The molecule has 7 heteroatoms. The number of rotatable bonds is 2. The van der Waals surface area contributed by atoms with Crippen LogP contribution in [0.3, 0.4) is 0 Å². The zero-order chi connectivity index (χ0) is 14.3. The van der Waals surface area contributed by atoms with Gasteiger partial charge in [-0.15, -0.1) is 0 Å². The minimum absolute atomic E-state index is 0.380. The lowest BCUT2D eigenvalue weighted by molar-refractivity contribution is 0.399. The third-order valence-corrected chi connectivity index (χ3v) is 3.55. The van der Waals surface area contributed by atoms with Crippen molar-refractivity contribution in [1.82, 2.24) is 15.0 Å². The molecule has 3 aromatic rings. The van der Waals surface area contributed by atoms with E-state index in [2.05, 4.69) is 15.0 Å². The lowest BCUT2D eigenvalue weighted by Gasteiger charge is -2.06. The molecule has 0 radical (unpaired) electrons. The summed E-state index contributed by atoms with van der Waals surface area (Å²) in [5.41, 5.74) is 8.20. The van der Waals surface area contributed by atoms with Gasteiger partial charge in [0, 0.05) is 6.07 Å². The smallest absolute Gasteiger partial charge is 0.215 e. The number of fused-ring (bicyclic) bond motifs is 1. The van der Waals surface area contributed by atoms with E-state index in [1.807, 2.05) is 6.07 Å². The quantitative estimate of drug-likeness (QED) is 0.710. The van der Waals surface area contributed by atoms with E-state index in [-0.39, 0.29) is 0 Å². The largest absolute Gasteiger partial charge is 0.481 e. The third-order valence-electron chi connectivity index (χ3n) is 2.91. The number of benzene rings is 1. The van der Waals surface area contributed by atoms with Crippen molar-refractivity contribution in [3.63, 3.8) is 0 Å².